The fourth-order valence-electron chi connectivity index (χ4n) is 3.54. The molecule has 0 saturated carbocycles. The molecular formula is C18H25N5O. The molecule has 0 aromatic carbocycles. The molecule has 3 heterocycles. The van der Waals surface area contributed by atoms with Crippen LogP contribution >= 0.6 is 0 Å². The Morgan fingerprint density at radius 2 is 2.08 bits per heavy atom. The topological polar surface area (TPSA) is 54.3 Å². The van der Waals surface area contributed by atoms with E-state index < -0.39 is 0 Å². The molecule has 128 valence electrons. The highest BCUT2D eigenvalue weighted by molar-refractivity contribution is 5.95. The summed E-state index contributed by atoms with van der Waals surface area (Å²) in [6.07, 6.45) is 3.72. The summed E-state index contributed by atoms with van der Waals surface area (Å²) in [5.74, 6) is 0.871. The third-order valence-corrected chi connectivity index (χ3v) is 4.86. The number of carbonyl (C=O) groups excluding carboxylic acids is 1. The van der Waals surface area contributed by atoms with E-state index in [1.807, 2.05) is 48.6 Å². The minimum absolute atomic E-state index is 0.0747. The summed E-state index contributed by atoms with van der Waals surface area (Å²) in [5, 5.41) is 4.52. The van der Waals surface area contributed by atoms with E-state index in [0.29, 0.717) is 5.56 Å². The molecule has 1 atom stereocenters. The first-order valence-electron chi connectivity index (χ1n) is 8.34. The molecule has 6 heteroatoms. The molecular weight excluding hydrogens is 302 g/mol. The second-order valence-corrected chi connectivity index (χ2v) is 6.66. The van der Waals surface area contributed by atoms with Crippen molar-refractivity contribution in [1.82, 2.24) is 19.7 Å². The van der Waals surface area contributed by atoms with Crippen molar-refractivity contribution in [2.75, 3.05) is 25.5 Å². The summed E-state index contributed by atoms with van der Waals surface area (Å²) < 4.78 is 1.90. The van der Waals surface area contributed by atoms with Crippen molar-refractivity contribution >= 4 is 11.7 Å². The van der Waals surface area contributed by atoms with Crippen LogP contribution in [0, 0.1) is 13.8 Å². The third-order valence-electron chi connectivity index (χ3n) is 4.86. The smallest absolute Gasteiger partial charge is 0.254 e. The Kier molecular flexibility index (Phi) is 4.30. The van der Waals surface area contributed by atoms with E-state index in [9.17, 15) is 4.79 Å². The lowest BCUT2D eigenvalue weighted by molar-refractivity contribution is 0.0735. The quantitative estimate of drug-likeness (QED) is 0.869. The van der Waals surface area contributed by atoms with E-state index in [1.54, 1.807) is 12.3 Å². The number of hydrogen-bond donors (Lipinski definition) is 0. The van der Waals surface area contributed by atoms with Gasteiger partial charge in [-0.25, -0.2) is 4.98 Å². The van der Waals surface area contributed by atoms with Crippen molar-refractivity contribution in [3.63, 3.8) is 0 Å². The maximum Gasteiger partial charge on any atom is 0.254 e. The van der Waals surface area contributed by atoms with Crippen molar-refractivity contribution in [3.8, 4) is 0 Å². The maximum absolute atomic E-state index is 13.1. The zero-order valence-electron chi connectivity index (χ0n) is 15.1. The standard InChI is InChI=1S/C18H25N5O/c1-12-17(13(2)22(5)20-12)15-7-6-10-23(15)18(24)14-8-9-19-16(11-14)21(3)4/h8-9,11,15H,6-7,10H2,1-5H3/t15-/m0/s1. The minimum Gasteiger partial charge on any atom is -0.363 e. The van der Waals surface area contributed by atoms with E-state index in [0.717, 1.165) is 36.6 Å². The summed E-state index contributed by atoms with van der Waals surface area (Å²) in [6.45, 7) is 4.89. The van der Waals surface area contributed by atoms with E-state index in [-0.39, 0.29) is 11.9 Å². The second-order valence-electron chi connectivity index (χ2n) is 6.66. The van der Waals surface area contributed by atoms with Gasteiger partial charge in [0.25, 0.3) is 5.91 Å². The number of anilines is 1. The predicted octanol–water partition coefficient (Wildman–Crippen LogP) is 2.48. The van der Waals surface area contributed by atoms with Gasteiger partial charge in [0.15, 0.2) is 0 Å². The highest BCUT2D eigenvalue weighted by atomic mass is 16.2. The third kappa shape index (κ3) is 2.77. The summed E-state index contributed by atoms with van der Waals surface area (Å²) >= 11 is 0. The SMILES string of the molecule is Cc1nn(C)c(C)c1[C@@H]1CCCN1C(=O)c1ccnc(N(C)C)c1. The number of aryl methyl sites for hydroxylation is 2. The largest absolute Gasteiger partial charge is 0.363 e. The van der Waals surface area contributed by atoms with Gasteiger partial charge in [0.1, 0.15) is 5.82 Å². The van der Waals surface area contributed by atoms with Gasteiger partial charge < -0.3 is 9.80 Å². The lowest BCUT2D eigenvalue weighted by atomic mass is 10.0. The monoisotopic (exact) mass is 327 g/mol. The van der Waals surface area contributed by atoms with E-state index in [1.165, 1.54) is 5.56 Å². The van der Waals surface area contributed by atoms with Gasteiger partial charge in [-0.3, -0.25) is 9.48 Å². The van der Waals surface area contributed by atoms with Crippen molar-refractivity contribution in [2.45, 2.75) is 32.7 Å². The van der Waals surface area contributed by atoms with Crippen molar-refractivity contribution in [2.24, 2.45) is 7.05 Å². The van der Waals surface area contributed by atoms with Gasteiger partial charge in [-0.2, -0.15) is 5.10 Å². The molecule has 2 aromatic rings. The van der Waals surface area contributed by atoms with Crippen LogP contribution < -0.4 is 4.90 Å². The van der Waals surface area contributed by atoms with Crippen LogP contribution in [0.3, 0.4) is 0 Å². The van der Waals surface area contributed by atoms with Crippen LogP contribution in [0.4, 0.5) is 5.82 Å². The predicted molar refractivity (Wildman–Crippen MR) is 94.3 cm³/mol. The van der Waals surface area contributed by atoms with Crippen LogP contribution in [0.5, 0.6) is 0 Å². The zero-order valence-corrected chi connectivity index (χ0v) is 15.1. The second kappa shape index (κ2) is 6.26. The molecule has 0 aliphatic carbocycles. The Bertz CT molecular complexity index is 765. The van der Waals surface area contributed by atoms with Gasteiger partial charge in [-0.05, 0) is 38.8 Å². The van der Waals surface area contributed by atoms with Crippen molar-refractivity contribution in [3.05, 3.63) is 40.8 Å². The summed E-state index contributed by atoms with van der Waals surface area (Å²) in [6, 6.07) is 3.77. The number of nitrogens with zero attached hydrogens (tertiary/aromatic N) is 5. The van der Waals surface area contributed by atoms with E-state index in [4.69, 9.17) is 0 Å². The van der Waals surface area contributed by atoms with Gasteiger partial charge >= 0.3 is 0 Å². The lowest BCUT2D eigenvalue weighted by Crippen LogP contribution is -2.31. The molecule has 0 spiro atoms. The Morgan fingerprint density at radius 3 is 2.71 bits per heavy atom. The molecule has 0 radical (unpaired) electrons. The number of likely N-dealkylation sites (tertiary alicyclic amines) is 1. The van der Waals surface area contributed by atoms with Gasteiger partial charge in [0, 0.05) is 50.7 Å². The molecule has 6 nitrogen and oxygen atoms in total. The molecule has 1 amide bonds. The van der Waals surface area contributed by atoms with Gasteiger partial charge in [0.05, 0.1) is 11.7 Å². The van der Waals surface area contributed by atoms with Crippen molar-refractivity contribution < 1.29 is 4.79 Å². The molecule has 0 unspecified atom stereocenters. The van der Waals surface area contributed by atoms with Gasteiger partial charge in [-0.1, -0.05) is 0 Å². The number of rotatable bonds is 3. The first-order valence-corrected chi connectivity index (χ1v) is 8.34. The van der Waals surface area contributed by atoms with E-state index >= 15 is 0 Å². The Hall–Kier alpha value is -2.37. The maximum atomic E-state index is 13.1. The van der Waals surface area contributed by atoms with Crippen LogP contribution in [0.15, 0.2) is 18.3 Å². The lowest BCUT2D eigenvalue weighted by Gasteiger charge is -2.26. The number of pyridine rings is 1. The van der Waals surface area contributed by atoms with Crippen LogP contribution in [0.1, 0.15) is 46.2 Å². The number of amides is 1. The molecule has 0 bridgehead atoms. The molecule has 24 heavy (non-hydrogen) atoms. The fraction of sp³-hybridized carbons (Fsp3) is 0.500. The van der Waals surface area contributed by atoms with Crippen molar-refractivity contribution in [1.29, 1.82) is 0 Å². The minimum atomic E-state index is 0.0747. The molecule has 1 aliphatic rings. The molecule has 2 aromatic heterocycles. The molecule has 1 fully saturated rings. The Labute approximate surface area is 143 Å². The molecule has 1 saturated heterocycles. The van der Waals surface area contributed by atoms with Crippen LogP contribution in [0.25, 0.3) is 0 Å². The first-order chi connectivity index (χ1) is 11.4. The molecule has 1 aliphatic heterocycles. The fourth-order valence-corrected chi connectivity index (χ4v) is 3.54. The normalized spacial score (nSPS) is 17.4. The molecule has 0 N–H and O–H groups in total. The Balaban J connectivity index is 1.93. The van der Waals surface area contributed by atoms with Crippen LogP contribution in [-0.2, 0) is 7.05 Å². The number of carbonyl (C=O) groups is 1. The average molecular weight is 327 g/mol. The summed E-state index contributed by atoms with van der Waals surface area (Å²) in [4.78, 5) is 21.3. The van der Waals surface area contributed by atoms with Crippen LogP contribution in [0.2, 0.25) is 0 Å². The zero-order chi connectivity index (χ0) is 17.4. The highest BCUT2D eigenvalue weighted by Gasteiger charge is 2.34. The van der Waals surface area contributed by atoms with E-state index in [2.05, 4.69) is 17.0 Å². The highest BCUT2D eigenvalue weighted by Crippen LogP contribution is 2.36. The van der Waals surface area contributed by atoms with Gasteiger partial charge in [0.2, 0.25) is 0 Å². The molecule has 3 rings (SSSR count). The first kappa shape index (κ1) is 16.5. The average Bonchev–Trinajstić information content (AvgIpc) is 3.11. The summed E-state index contributed by atoms with van der Waals surface area (Å²) in [5.41, 5.74) is 4.05. The Morgan fingerprint density at radius 1 is 1.33 bits per heavy atom. The van der Waals surface area contributed by atoms with Gasteiger partial charge in [-0.15, -0.1) is 0 Å². The number of hydrogen-bond acceptors (Lipinski definition) is 4. The summed E-state index contributed by atoms with van der Waals surface area (Å²) in [7, 11) is 5.81. The van der Waals surface area contributed by atoms with Crippen LogP contribution in [-0.4, -0.2) is 46.2 Å². The number of aromatic nitrogens is 3.